The van der Waals surface area contributed by atoms with E-state index in [1.807, 2.05) is 41.5 Å². The number of pyridine rings is 1. The number of imidazole rings is 2. The van der Waals surface area contributed by atoms with Crippen LogP contribution in [0, 0.1) is 6.92 Å². The maximum Gasteiger partial charge on any atom is 0.137 e. The van der Waals surface area contributed by atoms with Gasteiger partial charge in [0, 0.05) is 24.3 Å². The number of fused-ring (bicyclic) bond motifs is 1. The Morgan fingerprint density at radius 2 is 2.19 bits per heavy atom. The number of hydrogen-bond donors (Lipinski definition) is 0. The molecule has 4 nitrogen and oxygen atoms in total. The number of nitrogens with zero attached hydrogens (tertiary/aromatic N) is 4. The predicted octanol–water partition coefficient (Wildman–Crippen LogP) is 1.89. The van der Waals surface area contributed by atoms with Crippen LogP contribution in [0.15, 0.2) is 43.1 Å². The minimum absolute atomic E-state index is 0.771. The molecule has 16 heavy (non-hydrogen) atoms. The van der Waals surface area contributed by atoms with Crippen molar-refractivity contribution in [2.45, 2.75) is 13.5 Å². The highest BCUT2D eigenvalue weighted by atomic mass is 15.1. The number of hydrogen-bond acceptors (Lipinski definition) is 2. The van der Waals surface area contributed by atoms with Gasteiger partial charge in [0.05, 0.1) is 18.6 Å². The molecule has 80 valence electrons. The molecule has 0 aliphatic heterocycles. The van der Waals surface area contributed by atoms with Crippen molar-refractivity contribution in [2.75, 3.05) is 0 Å². The van der Waals surface area contributed by atoms with Crippen LogP contribution in [-0.2, 0) is 6.54 Å². The van der Waals surface area contributed by atoms with E-state index in [4.69, 9.17) is 0 Å². The van der Waals surface area contributed by atoms with E-state index in [2.05, 4.69) is 21.3 Å². The van der Waals surface area contributed by atoms with E-state index in [9.17, 15) is 0 Å². The third-order valence-corrected chi connectivity index (χ3v) is 2.76. The average Bonchev–Trinajstić information content (AvgIpc) is 2.90. The lowest BCUT2D eigenvalue weighted by Gasteiger charge is -1.99. The first-order chi connectivity index (χ1) is 7.84. The molecular formula is C12H12N4. The highest BCUT2D eigenvalue weighted by Gasteiger charge is 2.07. The second-order valence-electron chi connectivity index (χ2n) is 3.81. The van der Waals surface area contributed by atoms with Crippen molar-refractivity contribution < 1.29 is 0 Å². The monoisotopic (exact) mass is 212 g/mol. The molecule has 0 N–H and O–H groups in total. The van der Waals surface area contributed by atoms with Gasteiger partial charge in [-0.2, -0.15) is 0 Å². The summed E-state index contributed by atoms with van der Waals surface area (Å²) in [5.41, 5.74) is 3.27. The van der Waals surface area contributed by atoms with Gasteiger partial charge in [-0.3, -0.25) is 0 Å². The van der Waals surface area contributed by atoms with Crippen LogP contribution in [0.5, 0.6) is 0 Å². The molecule has 0 saturated heterocycles. The smallest absolute Gasteiger partial charge is 0.137 e. The maximum atomic E-state index is 4.60. The standard InChI is InChI=1S/C12H12N4/c1-10-11(8-15-7-5-13-9-15)14-12-4-2-3-6-16(10)12/h2-7,9H,8H2,1H3. The lowest BCUT2D eigenvalue weighted by atomic mass is 10.3. The molecule has 3 heterocycles. The van der Waals surface area contributed by atoms with Crippen LogP contribution in [0.3, 0.4) is 0 Å². The summed E-state index contributed by atoms with van der Waals surface area (Å²) in [7, 11) is 0. The van der Waals surface area contributed by atoms with Gasteiger partial charge < -0.3 is 8.97 Å². The Labute approximate surface area is 93.2 Å². The fourth-order valence-corrected chi connectivity index (χ4v) is 1.87. The molecule has 0 spiro atoms. The Bertz CT molecular complexity index is 607. The van der Waals surface area contributed by atoms with Crippen LogP contribution in [0.4, 0.5) is 0 Å². The Kier molecular flexibility index (Phi) is 1.99. The van der Waals surface area contributed by atoms with Gasteiger partial charge in [-0.1, -0.05) is 6.07 Å². The summed E-state index contributed by atoms with van der Waals surface area (Å²) in [4.78, 5) is 8.63. The quantitative estimate of drug-likeness (QED) is 0.650. The Balaban J connectivity index is 2.07. The van der Waals surface area contributed by atoms with Crippen LogP contribution in [-0.4, -0.2) is 18.9 Å². The molecule has 0 aromatic carbocycles. The lowest BCUT2D eigenvalue weighted by molar-refractivity contribution is 0.772. The van der Waals surface area contributed by atoms with Crippen molar-refractivity contribution >= 4 is 5.65 Å². The van der Waals surface area contributed by atoms with Crippen LogP contribution < -0.4 is 0 Å². The molecule has 0 bridgehead atoms. The zero-order valence-electron chi connectivity index (χ0n) is 9.04. The van der Waals surface area contributed by atoms with Crippen molar-refractivity contribution in [1.82, 2.24) is 18.9 Å². The van der Waals surface area contributed by atoms with E-state index in [0.717, 1.165) is 17.9 Å². The van der Waals surface area contributed by atoms with E-state index in [1.165, 1.54) is 5.69 Å². The Morgan fingerprint density at radius 1 is 1.25 bits per heavy atom. The third-order valence-electron chi connectivity index (χ3n) is 2.76. The molecule has 0 aliphatic carbocycles. The summed E-state index contributed by atoms with van der Waals surface area (Å²) < 4.78 is 4.13. The largest absolute Gasteiger partial charge is 0.331 e. The van der Waals surface area contributed by atoms with Gasteiger partial charge in [-0.25, -0.2) is 9.97 Å². The summed E-state index contributed by atoms with van der Waals surface area (Å²) in [6.07, 6.45) is 7.58. The first kappa shape index (κ1) is 9.15. The van der Waals surface area contributed by atoms with Crippen LogP contribution in [0.1, 0.15) is 11.4 Å². The summed E-state index contributed by atoms with van der Waals surface area (Å²) in [6, 6.07) is 6.04. The van der Waals surface area contributed by atoms with Gasteiger partial charge >= 0.3 is 0 Å². The van der Waals surface area contributed by atoms with E-state index >= 15 is 0 Å². The van der Waals surface area contributed by atoms with Gasteiger partial charge in [0.15, 0.2) is 0 Å². The molecule has 0 saturated carbocycles. The molecular weight excluding hydrogens is 200 g/mol. The van der Waals surface area contributed by atoms with E-state index < -0.39 is 0 Å². The topological polar surface area (TPSA) is 35.1 Å². The SMILES string of the molecule is Cc1c(Cn2ccnc2)nc2ccccn12. The molecule has 0 atom stereocenters. The zero-order valence-corrected chi connectivity index (χ0v) is 9.04. The third kappa shape index (κ3) is 1.39. The normalized spacial score (nSPS) is 11.1. The second kappa shape index (κ2) is 3.48. The van der Waals surface area contributed by atoms with Crippen molar-refractivity contribution in [3.8, 4) is 0 Å². The number of aromatic nitrogens is 4. The van der Waals surface area contributed by atoms with E-state index in [0.29, 0.717) is 0 Å². The maximum absolute atomic E-state index is 4.60. The summed E-state index contributed by atoms with van der Waals surface area (Å²) in [6.45, 7) is 2.86. The summed E-state index contributed by atoms with van der Waals surface area (Å²) in [5, 5.41) is 0. The summed E-state index contributed by atoms with van der Waals surface area (Å²) in [5.74, 6) is 0. The zero-order chi connectivity index (χ0) is 11.0. The molecule has 3 rings (SSSR count). The van der Waals surface area contributed by atoms with Gasteiger partial charge in [-0.15, -0.1) is 0 Å². The van der Waals surface area contributed by atoms with Crippen molar-refractivity contribution in [3.63, 3.8) is 0 Å². The fourth-order valence-electron chi connectivity index (χ4n) is 1.87. The molecule has 0 fully saturated rings. The van der Waals surface area contributed by atoms with Crippen LogP contribution in [0.25, 0.3) is 5.65 Å². The lowest BCUT2D eigenvalue weighted by Crippen LogP contribution is -1.98. The van der Waals surface area contributed by atoms with Crippen LogP contribution >= 0.6 is 0 Å². The number of rotatable bonds is 2. The van der Waals surface area contributed by atoms with E-state index in [1.54, 1.807) is 6.20 Å². The van der Waals surface area contributed by atoms with Gasteiger partial charge in [0.2, 0.25) is 0 Å². The molecule has 3 aromatic rings. The van der Waals surface area contributed by atoms with Gasteiger partial charge in [-0.05, 0) is 19.1 Å². The minimum Gasteiger partial charge on any atom is -0.331 e. The fraction of sp³-hybridized carbons (Fsp3) is 0.167. The highest BCUT2D eigenvalue weighted by molar-refractivity contribution is 5.42. The van der Waals surface area contributed by atoms with Crippen molar-refractivity contribution in [1.29, 1.82) is 0 Å². The van der Waals surface area contributed by atoms with Crippen molar-refractivity contribution in [2.24, 2.45) is 0 Å². The van der Waals surface area contributed by atoms with Gasteiger partial charge in [0.25, 0.3) is 0 Å². The first-order valence-electron chi connectivity index (χ1n) is 5.23. The minimum atomic E-state index is 0.771. The highest BCUT2D eigenvalue weighted by Crippen LogP contribution is 2.12. The molecule has 0 unspecified atom stereocenters. The number of aryl methyl sites for hydroxylation is 1. The van der Waals surface area contributed by atoms with E-state index in [-0.39, 0.29) is 0 Å². The molecule has 0 radical (unpaired) electrons. The first-order valence-corrected chi connectivity index (χ1v) is 5.23. The molecule has 3 aromatic heterocycles. The second-order valence-corrected chi connectivity index (χ2v) is 3.81. The molecule has 0 amide bonds. The Morgan fingerprint density at radius 3 is 2.94 bits per heavy atom. The predicted molar refractivity (Wildman–Crippen MR) is 61.3 cm³/mol. The molecule has 0 aliphatic rings. The van der Waals surface area contributed by atoms with Crippen LogP contribution in [0.2, 0.25) is 0 Å². The van der Waals surface area contributed by atoms with Gasteiger partial charge in [0.1, 0.15) is 5.65 Å². The van der Waals surface area contributed by atoms with Crippen molar-refractivity contribution in [3.05, 3.63) is 54.5 Å². The summed E-state index contributed by atoms with van der Waals surface area (Å²) >= 11 is 0. The molecule has 4 heteroatoms. The average molecular weight is 212 g/mol. The Hall–Kier alpha value is -2.10.